The quantitative estimate of drug-likeness (QED) is 0.263. The fourth-order valence-corrected chi connectivity index (χ4v) is 3.57. The third-order valence-corrected chi connectivity index (χ3v) is 5.45. The van der Waals surface area contributed by atoms with Crippen LogP contribution >= 0.6 is 35.3 Å². The smallest absolute Gasteiger partial charge is 0.222 e. The van der Waals surface area contributed by atoms with Gasteiger partial charge in [0.05, 0.1) is 23.2 Å². The molecule has 0 aliphatic rings. The van der Waals surface area contributed by atoms with Crippen LogP contribution in [0.2, 0.25) is 0 Å². The van der Waals surface area contributed by atoms with E-state index >= 15 is 0 Å². The van der Waals surface area contributed by atoms with Gasteiger partial charge in [0.2, 0.25) is 5.91 Å². The number of guanidine groups is 1. The van der Waals surface area contributed by atoms with Crippen LogP contribution in [0.1, 0.15) is 28.1 Å². The van der Waals surface area contributed by atoms with Crippen LogP contribution in [0.5, 0.6) is 0 Å². The van der Waals surface area contributed by atoms with Gasteiger partial charge >= 0.3 is 0 Å². The highest BCUT2D eigenvalue weighted by molar-refractivity contribution is 14.0. The first-order valence-electron chi connectivity index (χ1n) is 9.37. The minimum atomic E-state index is -0.454. The van der Waals surface area contributed by atoms with E-state index in [9.17, 15) is 9.18 Å². The highest BCUT2D eigenvalue weighted by Crippen LogP contribution is 2.16. The summed E-state index contributed by atoms with van der Waals surface area (Å²) in [4.78, 5) is 22.1. The molecule has 9 heteroatoms. The predicted octanol–water partition coefficient (Wildman–Crippen LogP) is 2.96. The lowest BCUT2D eigenvalue weighted by Gasteiger charge is -2.14. The summed E-state index contributed by atoms with van der Waals surface area (Å²) in [7, 11) is 0. The second-order valence-electron chi connectivity index (χ2n) is 6.58. The summed E-state index contributed by atoms with van der Waals surface area (Å²) in [5.74, 6) is -0.539. The Balaban J connectivity index is 0.00000420. The second kappa shape index (κ2) is 12.7. The van der Waals surface area contributed by atoms with Crippen LogP contribution < -0.4 is 16.4 Å². The molecule has 1 aromatic carbocycles. The van der Waals surface area contributed by atoms with Crippen LogP contribution in [0.15, 0.2) is 29.3 Å². The molecule has 1 aromatic heterocycles. The molecule has 1 atom stereocenters. The minimum Gasteiger partial charge on any atom is -0.369 e. The Morgan fingerprint density at radius 1 is 1.28 bits per heavy atom. The summed E-state index contributed by atoms with van der Waals surface area (Å²) < 4.78 is 13.1. The molecule has 1 heterocycles. The first-order valence-corrected chi connectivity index (χ1v) is 10.2. The first kappa shape index (κ1) is 25.3. The van der Waals surface area contributed by atoms with E-state index in [-0.39, 0.29) is 36.3 Å². The van der Waals surface area contributed by atoms with E-state index in [0.29, 0.717) is 25.5 Å². The van der Waals surface area contributed by atoms with E-state index in [0.717, 1.165) is 22.7 Å². The standard InChI is InChI=1S/C20H28FN5OS.HI/c1-4-23-20(24-10-9-18-26-13(2)14(3)28-18)25-12-16(19(22)27)11-15-5-7-17(21)8-6-15;/h5-8,16H,4,9-12H2,1-3H3,(H2,22,27)(H2,23,24,25);1H. The molecule has 160 valence electrons. The van der Waals surface area contributed by atoms with Gasteiger partial charge in [-0.2, -0.15) is 0 Å². The summed E-state index contributed by atoms with van der Waals surface area (Å²) in [5, 5.41) is 7.53. The van der Waals surface area contributed by atoms with Crippen molar-refractivity contribution < 1.29 is 9.18 Å². The van der Waals surface area contributed by atoms with Crippen molar-refractivity contribution in [3.05, 3.63) is 51.2 Å². The van der Waals surface area contributed by atoms with E-state index in [1.807, 2.05) is 13.8 Å². The average Bonchev–Trinajstić information content (AvgIpc) is 2.97. The second-order valence-corrected chi connectivity index (χ2v) is 7.86. The number of aromatic nitrogens is 1. The van der Waals surface area contributed by atoms with Crippen LogP contribution in [-0.4, -0.2) is 36.5 Å². The topological polar surface area (TPSA) is 92.4 Å². The zero-order chi connectivity index (χ0) is 20.5. The Kier molecular flexibility index (Phi) is 11.1. The molecule has 1 unspecified atom stereocenters. The number of hydrogen-bond donors (Lipinski definition) is 3. The number of hydrogen-bond acceptors (Lipinski definition) is 4. The Labute approximate surface area is 192 Å². The number of carbonyl (C=O) groups is 1. The third kappa shape index (κ3) is 8.65. The fourth-order valence-electron chi connectivity index (χ4n) is 2.64. The maximum Gasteiger partial charge on any atom is 0.222 e. The van der Waals surface area contributed by atoms with Crippen molar-refractivity contribution in [3.8, 4) is 0 Å². The number of aryl methyl sites for hydroxylation is 2. The summed E-state index contributed by atoms with van der Waals surface area (Å²) >= 11 is 1.70. The van der Waals surface area contributed by atoms with E-state index in [4.69, 9.17) is 5.73 Å². The van der Waals surface area contributed by atoms with Gasteiger partial charge in [0, 0.05) is 24.4 Å². The Morgan fingerprint density at radius 2 is 1.97 bits per heavy atom. The summed E-state index contributed by atoms with van der Waals surface area (Å²) in [6.45, 7) is 7.73. The van der Waals surface area contributed by atoms with Crippen molar-refractivity contribution in [1.29, 1.82) is 0 Å². The zero-order valence-electron chi connectivity index (χ0n) is 17.0. The van der Waals surface area contributed by atoms with Crippen LogP contribution in [-0.2, 0) is 17.6 Å². The predicted molar refractivity (Wildman–Crippen MR) is 127 cm³/mol. The number of primary amides is 1. The summed E-state index contributed by atoms with van der Waals surface area (Å²) in [6.07, 6.45) is 1.23. The molecular weight excluding hydrogens is 504 g/mol. The molecule has 2 aromatic rings. The van der Waals surface area contributed by atoms with Gasteiger partial charge in [-0.25, -0.2) is 9.37 Å². The van der Waals surface area contributed by atoms with Gasteiger partial charge in [-0.3, -0.25) is 9.79 Å². The van der Waals surface area contributed by atoms with Crippen molar-refractivity contribution in [2.24, 2.45) is 16.6 Å². The number of halogens is 2. The molecule has 0 bridgehead atoms. The SMILES string of the molecule is CCNC(=NCC(Cc1ccc(F)cc1)C(N)=O)NCCc1nc(C)c(C)s1.I. The average molecular weight is 533 g/mol. The Hall–Kier alpha value is -1.75. The highest BCUT2D eigenvalue weighted by Gasteiger charge is 2.16. The van der Waals surface area contributed by atoms with Crippen molar-refractivity contribution >= 4 is 47.2 Å². The van der Waals surface area contributed by atoms with Gasteiger partial charge in [0.25, 0.3) is 0 Å². The first-order chi connectivity index (χ1) is 13.4. The Morgan fingerprint density at radius 3 is 2.52 bits per heavy atom. The summed E-state index contributed by atoms with van der Waals surface area (Å²) in [6, 6.07) is 6.08. The molecule has 0 radical (unpaired) electrons. The zero-order valence-corrected chi connectivity index (χ0v) is 20.1. The molecule has 4 N–H and O–H groups in total. The van der Waals surface area contributed by atoms with Gasteiger partial charge in [-0.15, -0.1) is 35.3 Å². The number of benzene rings is 1. The molecule has 1 amide bonds. The maximum absolute atomic E-state index is 13.1. The van der Waals surface area contributed by atoms with Gasteiger partial charge in [-0.05, 0) is 44.9 Å². The van der Waals surface area contributed by atoms with E-state index in [2.05, 4.69) is 27.5 Å². The number of carbonyl (C=O) groups excluding carboxylic acids is 1. The van der Waals surface area contributed by atoms with Crippen LogP contribution in [0.3, 0.4) is 0 Å². The van der Waals surface area contributed by atoms with E-state index < -0.39 is 11.8 Å². The van der Waals surface area contributed by atoms with E-state index in [1.165, 1.54) is 17.0 Å². The van der Waals surface area contributed by atoms with Crippen LogP contribution in [0.25, 0.3) is 0 Å². The lowest BCUT2D eigenvalue weighted by atomic mass is 9.99. The number of nitrogens with two attached hydrogens (primary N) is 1. The fraction of sp³-hybridized carbons (Fsp3) is 0.450. The summed E-state index contributed by atoms with van der Waals surface area (Å²) in [5.41, 5.74) is 7.47. The monoisotopic (exact) mass is 533 g/mol. The molecule has 0 aliphatic heterocycles. The largest absolute Gasteiger partial charge is 0.369 e. The normalized spacial score (nSPS) is 12.2. The molecule has 0 saturated heterocycles. The van der Waals surface area contributed by atoms with Crippen LogP contribution in [0.4, 0.5) is 4.39 Å². The molecule has 0 fully saturated rings. The minimum absolute atomic E-state index is 0. The number of nitrogens with zero attached hydrogens (tertiary/aromatic N) is 2. The van der Waals surface area contributed by atoms with Crippen molar-refractivity contribution in [2.45, 2.75) is 33.6 Å². The number of aliphatic imine (C=N–C) groups is 1. The Bertz CT molecular complexity index is 790. The molecule has 6 nitrogen and oxygen atoms in total. The van der Waals surface area contributed by atoms with Gasteiger partial charge in [-0.1, -0.05) is 12.1 Å². The van der Waals surface area contributed by atoms with Crippen LogP contribution in [0, 0.1) is 25.6 Å². The van der Waals surface area contributed by atoms with Gasteiger partial charge in [0.1, 0.15) is 5.82 Å². The van der Waals surface area contributed by atoms with Crippen molar-refractivity contribution in [3.63, 3.8) is 0 Å². The number of nitrogens with one attached hydrogen (secondary N) is 2. The molecule has 0 saturated carbocycles. The lowest BCUT2D eigenvalue weighted by molar-refractivity contribution is -0.121. The van der Waals surface area contributed by atoms with E-state index in [1.54, 1.807) is 23.5 Å². The molecule has 0 aliphatic carbocycles. The molecule has 29 heavy (non-hydrogen) atoms. The number of rotatable bonds is 9. The maximum atomic E-state index is 13.1. The lowest BCUT2D eigenvalue weighted by Crippen LogP contribution is -2.39. The van der Waals surface area contributed by atoms with Gasteiger partial charge < -0.3 is 16.4 Å². The highest BCUT2D eigenvalue weighted by atomic mass is 127. The van der Waals surface area contributed by atoms with Crippen molar-refractivity contribution in [1.82, 2.24) is 15.6 Å². The van der Waals surface area contributed by atoms with Gasteiger partial charge in [0.15, 0.2) is 5.96 Å². The third-order valence-electron chi connectivity index (χ3n) is 4.32. The number of amides is 1. The number of thiazole rings is 1. The molecular formula is C20H29FIN5OS. The van der Waals surface area contributed by atoms with Crippen molar-refractivity contribution in [2.75, 3.05) is 19.6 Å². The molecule has 2 rings (SSSR count). The molecule has 0 spiro atoms.